The van der Waals surface area contributed by atoms with Crippen LogP contribution in [0.25, 0.3) is 0 Å². The molecule has 6 heteroatoms. The smallest absolute Gasteiger partial charge is 0.193 e. The number of phenols is 1. The summed E-state index contributed by atoms with van der Waals surface area (Å²) in [5.41, 5.74) is 1.24. The molecule has 1 saturated heterocycles. The second-order valence-corrected chi connectivity index (χ2v) is 6.65. The van der Waals surface area contributed by atoms with Crippen LogP contribution in [0.1, 0.15) is 31.2 Å². The van der Waals surface area contributed by atoms with Gasteiger partial charge in [-0.1, -0.05) is 12.1 Å². The third-order valence-electron chi connectivity index (χ3n) is 4.66. The van der Waals surface area contributed by atoms with E-state index < -0.39 is 0 Å². The molecule has 26 heavy (non-hydrogen) atoms. The van der Waals surface area contributed by atoms with Crippen molar-refractivity contribution in [3.8, 4) is 5.75 Å². The van der Waals surface area contributed by atoms with Crippen LogP contribution < -0.4 is 5.32 Å². The first-order chi connectivity index (χ1) is 12.7. The van der Waals surface area contributed by atoms with Gasteiger partial charge in [-0.3, -0.25) is 4.99 Å². The average molecular weight is 364 g/mol. The summed E-state index contributed by atoms with van der Waals surface area (Å²) in [5.74, 6) is 1.30. The Morgan fingerprint density at radius 2 is 1.92 bits per heavy atom. The van der Waals surface area contributed by atoms with Crippen LogP contribution in [0.5, 0.6) is 5.75 Å². The van der Waals surface area contributed by atoms with Crippen LogP contribution in [0.15, 0.2) is 29.3 Å². The lowest BCUT2D eigenvalue weighted by atomic mass is 10.1. The number of hydrogen-bond donors (Lipinski definition) is 2. The lowest BCUT2D eigenvalue weighted by Crippen LogP contribution is -2.47. The second kappa shape index (κ2) is 11.8. The summed E-state index contributed by atoms with van der Waals surface area (Å²) in [6.07, 6.45) is 5.42. The minimum absolute atomic E-state index is 0.318. The molecule has 0 atom stereocenters. The maximum atomic E-state index is 9.32. The summed E-state index contributed by atoms with van der Waals surface area (Å²) in [6, 6.07) is 7.43. The van der Waals surface area contributed by atoms with Crippen molar-refractivity contribution >= 4 is 5.96 Å². The van der Waals surface area contributed by atoms with Gasteiger partial charge < -0.3 is 24.8 Å². The second-order valence-electron chi connectivity index (χ2n) is 6.65. The number of methoxy groups -OCH3 is 1. The summed E-state index contributed by atoms with van der Waals surface area (Å²) in [4.78, 5) is 6.74. The molecule has 1 aliphatic heterocycles. The molecule has 1 heterocycles. The summed E-state index contributed by atoms with van der Waals surface area (Å²) in [7, 11) is 3.57. The number of rotatable bonds is 9. The molecule has 0 aliphatic carbocycles. The highest BCUT2D eigenvalue weighted by Gasteiger charge is 2.21. The third kappa shape index (κ3) is 7.22. The average Bonchev–Trinajstić information content (AvgIpc) is 2.67. The molecule has 1 fully saturated rings. The van der Waals surface area contributed by atoms with E-state index in [2.05, 4.69) is 15.2 Å². The van der Waals surface area contributed by atoms with Crippen molar-refractivity contribution in [1.29, 1.82) is 0 Å². The number of aliphatic imine (C=N–C) groups is 1. The van der Waals surface area contributed by atoms with Crippen molar-refractivity contribution in [2.45, 2.75) is 38.2 Å². The first kappa shape index (κ1) is 20.5. The number of aromatic hydroxyl groups is 1. The molecule has 2 rings (SSSR count). The summed E-state index contributed by atoms with van der Waals surface area (Å²) >= 11 is 0. The van der Waals surface area contributed by atoms with Gasteiger partial charge in [0.2, 0.25) is 0 Å². The molecular weight excluding hydrogens is 330 g/mol. The van der Waals surface area contributed by atoms with Gasteiger partial charge in [0.1, 0.15) is 5.75 Å². The highest BCUT2D eigenvalue weighted by molar-refractivity contribution is 5.79. The van der Waals surface area contributed by atoms with Crippen LogP contribution in [0.2, 0.25) is 0 Å². The maximum absolute atomic E-state index is 9.32. The number of piperidine rings is 1. The summed E-state index contributed by atoms with van der Waals surface area (Å²) in [6.45, 7) is 4.39. The van der Waals surface area contributed by atoms with Crippen molar-refractivity contribution < 1.29 is 14.6 Å². The molecule has 0 amide bonds. The molecule has 1 aliphatic rings. The predicted molar refractivity (Wildman–Crippen MR) is 105 cm³/mol. The molecule has 1 aromatic carbocycles. The van der Waals surface area contributed by atoms with E-state index in [0.29, 0.717) is 11.9 Å². The van der Waals surface area contributed by atoms with Gasteiger partial charge in [0, 0.05) is 47.0 Å². The zero-order chi connectivity index (χ0) is 18.6. The van der Waals surface area contributed by atoms with Crippen molar-refractivity contribution in [3.63, 3.8) is 0 Å². The molecule has 2 N–H and O–H groups in total. The van der Waals surface area contributed by atoms with Gasteiger partial charge in [0.05, 0.1) is 6.10 Å². The topological polar surface area (TPSA) is 66.3 Å². The monoisotopic (exact) mass is 363 g/mol. The minimum Gasteiger partial charge on any atom is -0.508 e. The highest BCUT2D eigenvalue weighted by atomic mass is 16.5. The zero-order valence-electron chi connectivity index (χ0n) is 16.1. The number of likely N-dealkylation sites (tertiary alicyclic amines) is 1. The third-order valence-corrected chi connectivity index (χ3v) is 4.66. The van der Waals surface area contributed by atoms with Crippen LogP contribution in [0.3, 0.4) is 0 Å². The fourth-order valence-corrected chi connectivity index (χ4v) is 3.18. The van der Waals surface area contributed by atoms with Gasteiger partial charge in [0.25, 0.3) is 0 Å². The van der Waals surface area contributed by atoms with E-state index in [0.717, 1.165) is 70.9 Å². The van der Waals surface area contributed by atoms with E-state index in [1.165, 1.54) is 5.56 Å². The number of ether oxygens (including phenoxy) is 2. The van der Waals surface area contributed by atoms with E-state index >= 15 is 0 Å². The summed E-state index contributed by atoms with van der Waals surface area (Å²) < 4.78 is 11.0. The van der Waals surface area contributed by atoms with Crippen molar-refractivity contribution in [2.24, 2.45) is 4.99 Å². The number of nitrogens with one attached hydrogen (secondary N) is 1. The lowest BCUT2D eigenvalue weighted by Gasteiger charge is -2.34. The Balaban J connectivity index is 1.62. The van der Waals surface area contributed by atoms with Crippen LogP contribution in [0.4, 0.5) is 0 Å². The quantitative estimate of drug-likeness (QED) is 0.401. The fourth-order valence-electron chi connectivity index (χ4n) is 3.18. The lowest BCUT2D eigenvalue weighted by molar-refractivity contribution is 0.00991. The van der Waals surface area contributed by atoms with Crippen LogP contribution in [-0.4, -0.2) is 69.1 Å². The Kier molecular flexibility index (Phi) is 9.28. The number of phenolic OH excluding ortho intramolecular Hbond substituents is 1. The molecule has 1 aromatic rings. The first-order valence-corrected chi connectivity index (χ1v) is 9.57. The maximum Gasteiger partial charge on any atom is 0.193 e. The number of nitrogens with zero attached hydrogens (tertiary/aromatic N) is 2. The van der Waals surface area contributed by atoms with Gasteiger partial charge in [-0.25, -0.2) is 0 Å². The number of guanidine groups is 1. The Morgan fingerprint density at radius 3 is 2.58 bits per heavy atom. The van der Waals surface area contributed by atoms with Crippen molar-refractivity contribution in [3.05, 3.63) is 29.8 Å². The Hall–Kier alpha value is -1.79. The van der Waals surface area contributed by atoms with E-state index in [4.69, 9.17) is 9.47 Å². The predicted octanol–water partition coefficient (Wildman–Crippen LogP) is 2.42. The molecule has 146 valence electrons. The van der Waals surface area contributed by atoms with Crippen LogP contribution >= 0.6 is 0 Å². The summed E-state index contributed by atoms with van der Waals surface area (Å²) in [5, 5.41) is 12.8. The zero-order valence-corrected chi connectivity index (χ0v) is 16.1. The number of hydrogen-bond acceptors (Lipinski definition) is 4. The molecule has 0 unspecified atom stereocenters. The largest absolute Gasteiger partial charge is 0.508 e. The first-order valence-electron chi connectivity index (χ1n) is 9.57. The molecule has 0 spiro atoms. The molecule has 6 nitrogen and oxygen atoms in total. The minimum atomic E-state index is 0.318. The van der Waals surface area contributed by atoms with Gasteiger partial charge in [0.15, 0.2) is 5.96 Å². The van der Waals surface area contributed by atoms with Crippen LogP contribution in [-0.2, 0) is 15.9 Å². The van der Waals surface area contributed by atoms with Gasteiger partial charge >= 0.3 is 0 Å². The molecule has 0 aromatic heterocycles. The Bertz CT molecular complexity index is 526. The fraction of sp³-hybridized carbons (Fsp3) is 0.650. The Morgan fingerprint density at radius 1 is 1.19 bits per heavy atom. The van der Waals surface area contributed by atoms with Gasteiger partial charge in [-0.05, 0) is 49.8 Å². The number of aryl methyl sites for hydroxylation is 1. The normalized spacial score (nSPS) is 16.1. The van der Waals surface area contributed by atoms with E-state index in [1.807, 2.05) is 19.2 Å². The van der Waals surface area contributed by atoms with Crippen molar-refractivity contribution in [2.75, 3.05) is 47.0 Å². The molecule has 0 bridgehead atoms. The SMILES string of the molecule is CN=C(NCCCc1ccc(O)cc1)N1CCC(OCCCOC)CC1. The number of benzene rings is 1. The van der Waals surface area contributed by atoms with Crippen molar-refractivity contribution in [1.82, 2.24) is 10.2 Å². The molecular formula is C20H33N3O3. The van der Waals surface area contributed by atoms with Crippen LogP contribution in [0, 0.1) is 0 Å². The van der Waals surface area contributed by atoms with Gasteiger partial charge in [-0.2, -0.15) is 0 Å². The van der Waals surface area contributed by atoms with E-state index in [1.54, 1.807) is 19.2 Å². The molecule has 0 radical (unpaired) electrons. The Labute approximate surface area is 157 Å². The highest BCUT2D eigenvalue weighted by Crippen LogP contribution is 2.14. The van der Waals surface area contributed by atoms with Gasteiger partial charge in [-0.15, -0.1) is 0 Å². The standard InChI is InChI=1S/C20H33N3O3/c1-21-20(22-12-3-5-17-6-8-18(24)9-7-17)23-13-10-19(11-14-23)26-16-4-15-25-2/h6-9,19,24H,3-5,10-16H2,1-2H3,(H,21,22). The van der Waals surface area contributed by atoms with E-state index in [9.17, 15) is 5.11 Å². The molecule has 0 saturated carbocycles. The van der Waals surface area contributed by atoms with E-state index in [-0.39, 0.29) is 0 Å².